The fourth-order valence-electron chi connectivity index (χ4n) is 1.83. The van der Waals surface area contributed by atoms with Crippen molar-refractivity contribution >= 4 is 5.91 Å². The molecular weight excluding hydrogens is 218 g/mol. The van der Waals surface area contributed by atoms with Crippen LogP contribution in [0.3, 0.4) is 0 Å². The van der Waals surface area contributed by atoms with Crippen LogP contribution in [0.1, 0.15) is 18.4 Å². The van der Waals surface area contributed by atoms with Crippen LogP contribution in [0.5, 0.6) is 5.75 Å². The second-order valence-corrected chi connectivity index (χ2v) is 4.11. The van der Waals surface area contributed by atoms with Crippen molar-refractivity contribution in [3.05, 3.63) is 29.8 Å². The summed E-state index contributed by atoms with van der Waals surface area (Å²) < 4.78 is 0. The number of aromatic hydroxyl groups is 1. The number of benzene rings is 1. The first-order chi connectivity index (χ1) is 8.25. The summed E-state index contributed by atoms with van der Waals surface area (Å²) in [7, 11) is 0. The van der Waals surface area contributed by atoms with Crippen molar-refractivity contribution in [2.24, 2.45) is 0 Å². The molecule has 1 atom stereocenters. The van der Waals surface area contributed by atoms with Crippen molar-refractivity contribution < 1.29 is 9.90 Å². The summed E-state index contributed by atoms with van der Waals surface area (Å²) in [6, 6.07) is 7.09. The van der Waals surface area contributed by atoms with Crippen LogP contribution < -0.4 is 16.2 Å². The molecule has 1 heterocycles. The molecule has 0 aliphatic carbocycles. The Morgan fingerprint density at radius 3 is 3.00 bits per heavy atom. The number of carbonyl (C=O) groups is 1. The number of para-hydroxylation sites is 1. The average Bonchev–Trinajstić information content (AvgIpc) is 2.81. The minimum Gasteiger partial charge on any atom is -0.508 e. The molecule has 1 aliphatic heterocycles. The van der Waals surface area contributed by atoms with E-state index >= 15 is 0 Å². The molecule has 0 bridgehead atoms. The lowest BCUT2D eigenvalue weighted by molar-refractivity contribution is -0.121. The highest BCUT2D eigenvalue weighted by molar-refractivity contribution is 5.76. The van der Waals surface area contributed by atoms with Gasteiger partial charge < -0.3 is 10.4 Å². The summed E-state index contributed by atoms with van der Waals surface area (Å²) in [5, 5.41) is 12.4. The van der Waals surface area contributed by atoms with Gasteiger partial charge in [0.2, 0.25) is 5.91 Å². The Kier molecular flexibility index (Phi) is 3.95. The van der Waals surface area contributed by atoms with Gasteiger partial charge in [-0.1, -0.05) is 18.2 Å². The number of carbonyl (C=O) groups excluding carboxylic acids is 1. The van der Waals surface area contributed by atoms with Gasteiger partial charge in [-0.05, 0) is 24.5 Å². The van der Waals surface area contributed by atoms with Crippen LogP contribution >= 0.6 is 0 Å². The SMILES string of the molecule is O=C(CCc1ccccc1O)NC1CCNN1. The second kappa shape index (κ2) is 5.65. The molecule has 2 rings (SSSR count). The number of aryl methyl sites for hydroxylation is 1. The van der Waals surface area contributed by atoms with Gasteiger partial charge in [0.05, 0.1) is 6.17 Å². The van der Waals surface area contributed by atoms with Crippen molar-refractivity contribution in [2.45, 2.75) is 25.4 Å². The van der Waals surface area contributed by atoms with E-state index in [2.05, 4.69) is 16.2 Å². The molecule has 0 aromatic heterocycles. The maximum Gasteiger partial charge on any atom is 0.221 e. The zero-order valence-electron chi connectivity index (χ0n) is 9.57. The molecular formula is C12H17N3O2. The molecule has 1 aromatic rings. The van der Waals surface area contributed by atoms with Crippen LogP contribution in [0, 0.1) is 0 Å². The van der Waals surface area contributed by atoms with E-state index in [9.17, 15) is 9.90 Å². The Morgan fingerprint density at radius 2 is 2.29 bits per heavy atom. The van der Waals surface area contributed by atoms with Crippen LogP contribution in [0.25, 0.3) is 0 Å². The molecule has 5 nitrogen and oxygen atoms in total. The summed E-state index contributed by atoms with van der Waals surface area (Å²) in [4.78, 5) is 11.6. The highest BCUT2D eigenvalue weighted by atomic mass is 16.3. The van der Waals surface area contributed by atoms with Gasteiger partial charge in [0, 0.05) is 13.0 Å². The minimum absolute atomic E-state index is 0.00514. The van der Waals surface area contributed by atoms with E-state index in [1.165, 1.54) is 0 Å². The quantitative estimate of drug-likeness (QED) is 0.604. The molecule has 1 aromatic carbocycles. The van der Waals surface area contributed by atoms with Gasteiger partial charge in [-0.15, -0.1) is 0 Å². The summed E-state index contributed by atoms with van der Waals surface area (Å²) >= 11 is 0. The van der Waals surface area contributed by atoms with Crippen molar-refractivity contribution in [1.29, 1.82) is 0 Å². The Labute approximate surface area is 100 Å². The Bertz CT molecular complexity index is 389. The van der Waals surface area contributed by atoms with E-state index in [-0.39, 0.29) is 17.8 Å². The molecule has 1 amide bonds. The Balaban J connectivity index is 1.77. The number of hydrogen-bond acceptors (Lipinski definition) is 4. The van der Waals surface area contributed by atoms with E-state index < -0.39 is 0 Å². The zero-order valence-corrected chi connectivity index (χ0v) is 9.57. The number of rotatable bonds is 4. The number of phenols is 1. The monoisotopic (exact) mass is 235 g/mol. The lowest BCUT2D eigenvalue weighted by Crippen LogP contribution is -2.44. The fraction of sp³-hybridized carbons (Fsp3) is 0.417. The molecule has 1 saturated heterocycles. The van der Waals surface area contributed by atoms with E-state index in [1.807, 2.05) is 12.1 Å². The molecule has 92 valence electrons. The van der Waals surface area contributed by atoms with Gasteiger partial charge in [0.15, 0.2) is 0 Å². The highest BCUT2D eigenvalue weighted by Gasteiger charge is 2.15. The molecule has 0 radical (unpaired) electrons. The van der Waals surface area contributed by atoms with E-state index in [4.69, 9.17) is 0 Å². The summed E-state index contributed by atoms with van der Waals surface area (Å²) in [6.07, 6.45) is 1.85. The molecule has 1 fully saturated rings. The van der Waals surface area contributed by atoms with Gasteiger partial charge in [0.25, 0.3) is 0 Å². The maximum atomic E-state index is 11.6. The Morgan fingerprint density at radius 1 is 1.47 bits per heavy atom. The number of nitrogens with one attached hydrogen (secondary N) is 3. The molecule has 1 unspecified atom stereocenters. The maximum absolute atomic E-state index is 11.6. The topological polar surface area (TPSA) is 73.4 Å². The first kappa shape index (κ1) is 11.9. The second-order valence-electron chi connectivity index (χ2n) is 4.11. The largest absolute Gasteiger partial charge is 0.508 e. The number of hydrogen-bond donors (Lipinski definition) is 4. The van der Waals surface area contributed by atoms with E-state index in [0.717, 1.165) is 18.5 Å². The summed E-state index contributed by atoms with van der Waals surface area (Å²) in [5.41, 5.74) is 6.73. The molecule has 5 heteroatoms. The molecule has 0 saturated carbocycles. The Hall–Kier alpha value is -1.59. The van der Waals surface area contributed by atoms with Gasteiger partial charge in [-0.25, -0.2) is 5.43 Å². The number of phenolic OH excluding ortho intramolecular Hbond substituents is 1. The van der Waals surface area contributed by atoms with Crippen LogP contribution in [0.15, 0.2) is 24.3 Å². The smallest absolute Gasteiger partial charge is 0.221 e. The first-order valence-electron chi connectivity index (χ1n) is 5.80. The molecule has 0 spiro atoms. The van der Waals surface area contributed by atoms with Crippen molar-refractivity contribution in [3.8, 4) is 5.75 Å². The van der Waals surface area contributed by atoms with Crippen LogP contribution in [0.2, 0.25) is 0 Å². The van der Waals surface area contributed by atoms with Crippen LogP contribution in [0.4, 0.5) is 0 Å². The third-order valence-corrected chi connectivity index (χ3v) is 2.78. The lowest BCUT2D eigenvalue weighted by atomic mass is 10.1. The molecule has 4 N–H and O–H groups in total. The summed E-state index contributed by atoms with van der Waals surface area (Å²) in [6.45, 7) is 0.865. The van der Waals surface area contributed by atoms with Crippen molar-refractivity contribution in [3.63, 3.8) is 0 Å². The predicted octanol–water partition coefficient (Wildman–Crippen LogP) is 0.265. The molecule has 17 heavy (non-hydrogen) atoms. The van der Waals surface area contributed by atoms with E-state index in [0.29, 0.717) is 12.8 Å². The fourth-order valence-corrected chi connectivity index (χ4v) is 1.83. The third kappa shape index (κ3) is 3.44. The number of hydrazine groups is 1. The van der Waals surface area contributed by atoms with Crippen LogP contribution in [-0.4, -0.2) is 23.7 Å². The standard InChI is InChI=1S/C12H17N3O2/c16-10-4-2-1-3-9(10)5-6-12(17)14-11-7-8-13-15-11/h1-4,11,13,15-16H,5-8H2,(H,14,17). The predicted molar refractivity (Wildman–Crippen MR) is 64.1 cm³/mol. The average molecular weight is 235 g/mol. The third-order valence-electron chi connectivity index (χ3n) is 2.78. The first-order valence-corrected chi connectivity index (χ1v) is 5.80. The van der Waals surface area contributed by atoms with Gasteiger partial charge in [-0.3, -0.25) is 10.2 Å². The molecule has 1 aliphatic rings. The van der Waals surface area contributed by atoms with Crippen molar-refractivity contribution in [2.75, 3.05) is 6.54 Å². The number of amides is 1. The zero-order chi connectivity index (χ0) is 12.1. The van der Waals surface area contributed by atoms with E-state index in [1.54, 1.807) is 12.1 Å². The van der Waals surface area contributed by atoms with Gasteiger partial charge in [-0.2, -0.15) is 0 Å². The minimum atomic E-state index is -0.00514. The van der Waals surface area contributed by atoms with Gasteiger partial charge >= 0.3 is 0 Å². The highest BCUT2D eigenvalue weighted by Crippen LogP contribution is 2.17. The lowest BCUT2D eigenvalue weighted by Gasteiger charge is -2.12. The normalized spacial score (nSPS) is 19.2. The van der Waals surface area contributed by atoms with Crippen LogP contribution in [-0.2, 0) is 11.2 Å². The van der Waals surface area contributed by atoms with Gasteiger partial charge in [0.1, 0.15) is 5.75 Å². The summed E-state index contributed by atoms with van der Waals surface area (Å²) in [5.74, 6) is 0.246. The van der Waals surface area contributed by atoms with Crippen molar-refractivity contribution in [1.82, 2.24) is 16.2 Å².